The number of halogens is 2. The van der Waals surface area contributed by atoms with E-state index in [4.69, 9.17) is 5.11 Å². The van der Waals surface area contributed by atoms with Gasteiger partial charge in [-0.05, 0) is 18.6 Å². The lowest BCUT2D eigenvalue weighted by Gasteiger charge is -2.32. The molecule has 1 N–H and O–H groups in total. The Labute approximate surface area is 79.7 Å². The molecule has 0 bridgehead atoms. The van der Waals surface area contributed by atoms with Crippen molar-refractivity contribution in [3.8, 4) is 0 Å². The van der Waals surface area contributed by atoms with Gasteiger partial charge in [-0.3, -0.25) is 4.79 Å². The van der Waals surface area contributed by atoms with Crippen LogP contribution < -0.4 is 0 Å². The summed E-state index contributed by atoms with van der Waals surface area (Å²) < 4.78 is 23.1. The molecule has 1 fully saturated rings. The van der Waals surface area contributed by atoms with E-state index >= 15 is 0 Å². The molecular weight excluding hydrogens is 198 g/mol. The van der Waals surface area contributed by atoms with Gasteiger partial charge >= 0.3 is 5.97 Å². The molecule has 0 aromatic carbocycles. The average Bonchev–Trinajstić information content (AvgIpc) is 2.04. The number of carboxylic acid groups (broad SMARTS) is 1. The quantitative estimate of drug-likeness (QED) is 0.777. The van der Waals surface area contributed by atoms with Crippen molar-refractivity contribution in [1.82, 2.24) is 0 Å². The third kappa shape index (κ3) is 2.56. The standard InChI is InChI=1S/C8H12F2O2S/c9-6(10)5-8(7(11)12)3-1-2-4-13-8/h6H,1-5H2,(H,11,12). The lowest BCUT2D eigenvalue weighted by atomic mass is 9.97. The Balaban J connectivity index is 2.67. The van der Waals surface area contributed by atoms with Crippen LogP contribution in [0.5, 0.6) is 0 Å². The van der Waals surface area contributed by atoms with Gasteiger partial charge in [-0.1, -0.05) is 6.42 Å². The molecule has 1 saturated heterocycles. The Morgan fingerprint density at radius 1 is 1.54 bits per heavy atom. The van der Waals surface area contributed by atoms with Crippen molar-refractivity contribution in [3.63, 3.8) is 0 Å². The van der Waals surface area contributed by atoms with E-state index in [1.54, 1.807) is 0 Å². The summed E-state index contributed by atoms with van der Waals surface area (Å²) >= 11 is 1.17. The van der Waals surface area contributed by atoms with Crippen LogP contribution >= 0.6 is 11.8 Å². The number of hydrogen-bond acceptors (Lipinski definition) is 2. The maximum Gasteiger partial charge on any atom is 0.319 e. The first kappa shape index (κ1) is 10.8. The average molecular weight is 210 g/mol. The SMILES string of the molecule is O=C(O)C1(CC(F)F)CCCCS1. The normalized spacial score (nSPS) is 29.2. The highest BCUT2D eigenvalue weighted by atomic mass is 32.2. The Bertz CT molecular complexity index is 191. The zero-order valence-electron chi connectivity index (χ0n) is 7.13. The lowest BCUT2D eigenvalue weighted by molar-refractivity contribution is -0.141. The molecule has 1 aliphatic heterocycles. The molecule has 13 heavy (non-hydrogen) atoms. The highest BCUT2D eigenvalue weighted by Gasteiger charge is 2.42. The molecule has 1 rings (SSSR count). The van der Waals surface area contributed by atoms with E-state index in [1.165, 1.54) is 11.8 Å². The van der Waals surface area contributed by atoms with Crippen molar-refractivity contribution in [1.29, 1.82) is 0 Å². The van der Waals surface area contributed by atoms with E-state index in [-0.39, 0.29) is 0 Å². The zero-order valence-corrected chi connectivity index (χ0v) is 7.95. The summed E-state index contributed by atoms with van der Waals surface area (Å²) in [7, 11) is 0. The fourth-order valence-electron chi connectivity index (χ4n) is 1.52. The van der Waals surface area contributed by atoms with Gasteiger partial charge in [-0.25, -0.2) is 8.78 Å². The third-order valence-corrected chi connectivity index (χ3v) is 3.82. The first-order chi connectivity index (χ1) is 6.07. The molecule has 0 radical (unpaired) electrons. The molecule has 0 amide bonds. The van der Waals surface area contributed by atoms with Gasteiger partial charge in [0, 0.05) is 6.42 Å². The number of carboxylic acids is 1. The second-order valence-electron chi connectivity index (χ2n) is 3.20. The molecule has 1 atom stereocenters. The van der Waals surface area contributed by atoms with E-state index in [2.05, 4.69) is 0 Å². The predicted molar refractivity (Wildman–Crippen MR) is 47.3 cm³/mol. The minimum Gasteiger partial charge on any atom is -0.480 e. The molecule has 1 unspecified atom stereocenters. The smallest absolute Gasteiger partial charge is 0.319 e. The Hall–Kier alpha value is -0.320. The Kier molecular flexibility index (Phi) is 3.53. The summed E-state index contributed by atoms with van der Waals surface area (Å²) in [4.78, 5) is 10.9. The number of thioether (sulfide) groups is 1. The third-order valence-electron chi connectivity index (χ3n) is 2.23. The number of rotatable bonds is 3. The molecule has 0 saturated carbocycles. The van der Waals surface area contributed by atoms with Crippen LogP contribution in [0.1, 0.15) is 25.7 Å². The van der Waals surface area contributed by atoms with Crippen molar-refractivity contribution in [2.45, 2.75) is 36.9 Å². The molecule has 1 aliphatic rings. The summed E-state index contributed by atoms with van der Waals surface area (Å²) in [5.41, 5.74) is 0. The van der Waals surface area contributed by atoms with Crippen molar-refractivity contribution in [2.24, 2.45) is 0 Å². The van der Waals surface area contributed by atoms with Gasteiger partial charge in [-0.15, -0.1) is 11.8 Å². The maximum atomic E-state index is 12.1. The lowest BCUT2D eigenvalue weighted by Crippen LogP contribution is -2.39. The number of aliphatic carboxylic acids is 1. The Morgan fingerprint density at radius 3 is 2.62 bits per heavy atom. The van der Waals surface area contributed by atoms with Crippen molar-refractivity contribution >= 4 is 17.7 Å². The monoisotopic (exact) mass is 210 g/mol. The van der Waals surface area contributed by atoms with E-state index in [9.17, 15) is 13.6 Å². The fraction of sp³-hybridized carbons (Fsp3) is 0.875. The van der Waals surface area contributed by atoms with Crippen LogP contribution in [0.2, 0.25) is 0 Å². The highest BCUT2D eigenvalue weighted by Crippen LogP contribution is 2.40. The Morgan fingerprint density at radius 2 is 2.23 bits per heavy atom. The largest absolute Gasteiger partial charge is 0.480 e. The molecule has 0 aromatic heterocycles. The molecule has 76 valence electrons. The number of carbonyl (C=O) groups is 1. The van der Waals surface area contributed by atoms with E-state index in [0.717, 1.165) is 12.8 Å². The van der Waals surface area contributed by atoms with Gasteiger partial charge in [0.05, 0.1) is 0 Å². The van der Waals surface area contributed by atoms with Crippen LogP contribution in [0.25, 0.3) is 0 Å². The van der Waals surface area contributed by atoms with Crippen LogP contribution in [0.4, 0.5) is 8.78 Å². The highest BCUT2D eigenvalue weighted by molar-refractivity contribution is 8.01. The number of hydrogen-bond donors (Lipinski definition) is 1. The van der Waals surface area contributed by atoms with Gasteiger partial charge in [0.1, 0.15) is 4.75 Å². The molecule has 0 spiro atoms. The second kappa shape index (κ2) is 4.26. The first-order valence-corrected chi connectivity index (χ1v) is 5.21. The maximum absolute atomic E-state index is 12.1. The molecular formula is C8H12F2O2S. The van der Waals surface area contributed by atoms with Gasteiger partial charge in [0.2, 0.25) is 6.43 Å². The van der Waals surface area contributed by atoms with Crippen molar-refractivity contribution in [2.75, 3.05) is 5.75 Å². The predicted octanol–water partition coefficient (Wildman–Crippen LogP) is 2.38. The van der Waals surface area contributed by atoms with E-state index < -0.39 is 23.6 Å². The van der Waals surface area contributed by atoms with Crippen LogP contribution in [0.3, 0.4) is 0 Å². The minimum absolute atomic E-state index is 0.372. The van der Waals surface area contributed by atoms with E-state index in [0.29, 0.717) is 12.2 Å². The molecule has 2 nitrogen and oxygen atoms in total. The van der Waals surface area contributed by atoms with E-state index in [1.807, 2.05) is 0 Å². The molecule has 5 heteroatoms. The van der Waals surface area contributed by atoms with Crippen LogP contribution in [-0.2, 0) is 4.79 Å². The molecule has 1 heterocycles. The van der Waals surface area contributed by atoms with Gasteiger partial charge in [0.25, 0.3) is 0 Å². The summed E-state index contributed by atoms with van der Waals surface area (Å²) in [6, 6.07) is 0. The summed E-state index contributed by atoms with van der Waals surface area (Å²) in [6.07, 6.45) is -0.999. The first-order valence-electron chi connectivity index (χ1n) is 4.22. The van der Waals surface area contributed by atoms with Gasteiger partial charge in [0.15, 0.2) is 0 Å². The topological polar surface area (TPSA) is 37.3 Å². The second-order valence-corrected chi connectivity index (χ2v) is 4.68. The van der Waals surface area contributed by atoms with Gasteiger partial charge in [-0.2, -0.15) is 0 Å². The summed E-state index contributed by atoms with van der Waals surface area (Å²) in [5, 5.41) is 8.88. The van der Waals surface area contributed by atoms with Crippen LogP contribution in [-0.4, -0.2) is 28.0 Å². The van der Waals surface area contributed by atoms with Crippen molar-refractivity contribution < 1.29 is 18.7 Å². The zero-order chi connectivity index (χ0) is 9.90. The van der Waals surface area contributed by atoms with Crippen molar-refractivity contribution in [3.05, 3.63) is 0 Å². The number of alkyl halides is 2. The van der Waals surface area contributed by atoms with Crippen LogP contribution in [0.15, 0.2) is 0 Å². The minimum atomic E-state index is -2.53. The fourth-order valence-corrected chi connectivity index (χ4v) is 2.91. The molecule has 0 aliphatic carbocycles. The van der Waals surface area contributed by atoms with Gasteiger partial charge < -0.3 is 5.11 Å². The van der Waals surface area contributed by atoms with Crippen LogP contribution in [0, 0.1) is 0 Å². The summed E-state index contributed by atoms with van der Waals surface area (Å²) in [6.45, 7) is 0. The molecule has 0 aromatic rings. The summed E-state index contributed by atoms with van der Waals surface area (Å²) in [5.74, 6) is -0.406.